The van der Waals surface area contributed by atoms with Crippen molar-refractivity contribution in [2.24, 2.45) is 0 Å². The monoisotopic (exact) mass is 370 g/mol. The summed E-state index contributed by atoms with van der Waals surface area (Å²) in [5, 5.41) is 0. The largest absolute Gasteiger partial charge is 0.381 e. The number of hydrogen-bond acceptors (Lipinski definition) is 1. The molecule has 0 aromatic heterocycles. The molecule has 3 heteroatoms. The summed E-state index contributed by atoms with van der Waals surface area (Å²) in [5.41, 5.74) is 2.76. The molecule has 0 radical (unpaired) electrons. The van der Waals surface area contributed by atoms with Gasteiger partial charge in [-0.05, 0) is 80.2 Å². The first-order chi connectivity index (χ1) is 13.1. The third-order valence-electron chi connectivity index (χ3n) is 5.63. The van der Waals surface area contributed by atoms with Crippen molar-refractivity contribution in [3.63, 3.8) is 0 Å². The predicted octanol–water partition coefficient (Wildman–Crippen LogP) is 6.81. The van der Waals surface area contributed by atoms with Crippen LogP contribution in [0.1, 0.15) is 56.1 Å². The van der Waals surface area contributed by atoms with Crippen LogP contribution in [0.15, 0.2) is 48.6 Å². The molecule has 0 saturated heterocycles. The summed E-state index contributed by atoms with van der Waals surface area (Å²) in [6.07, 6.45) is 9.86. The Morgan fingerprint density at radius 3 is 2.41 bits per heavy atom. The quantitative estimate of drug-likeness (QED) is 0.507. The van der Waals surface area contributed by atoms with Gasteiger partial charge in [-0.15, -0.1) is 0 Å². The molecule has 1 aliphatic rings. The van der Waals surface area contributed by atoms with Gasteiger partial charge in [-0.2, -0.15) is 0 Å². The molecule has 2 aromatic carbocycles. The van der Waals surface area contributed by atoms with E-state index < -0.39 is 0 Å². The maximum atomic E-state index is 14.8. The summed E-state index contributed by atoms with van der Waals surface area (Å²) in [5.74, 6) is -0.296. The highest BCUT2D eigenvalue weighted by molar-refractivity contribution is 5.65. The fraction of sp³-hybridized carbons (Fsp3) is 0.417. The molecule has 3 rings (SSSR count). The van der Waals surface area contributed by atoms with Crippen molar-refractivity contribution in [3.8, 4) is 11.1 Å². The normalized spacial score (nSPS) is 20.3. The van der Waals surface area contributed by atoms with Crippen LogP contribution in [-0.4, -0.2) is 13.2 Å². The van der Waals surface area contributed by atoms with Crippen LogP contribution in [0.25, 0.3) is 11.1 Å². The van der Waals surface area contributed by atoms with Crippen LogP contribution in [0, 0.1) is 11.6 Å². The SMILES string of the molecule is C/C=C/CCc1ccc(-c2ccc(C3CCC(OC)CC3)c(F)c2)c(F)c1. The molecule has 0 spiro atoms. The Morgan fingerprint density at radius 2 is 1.78 bits per heavy atom. The first kappa shape index (κ1) is 19.8. The molecular formula is C24H28F2O. The number of aryl methyl sites for hydroxylation is 1. The van der Waals surface area contributed by atoms with Crippen molar-refractivity contribution in [3.05, 3.63) is 71.3 Å². The molecule has 0 heterocycles. The van der Waals surface area contributed by atoms with E-state index in [9.17, 15) is 8.78 Å². The molecule has 0 amide bonds. The predicted molar refractivity (Wildman–Crippen MR) is 107 cm³/mol. The van der Waals surface area contributed by atoms with Crippen molar-refractivity contribution >= 4 is 0 Å². The average molecular weight is 370 g/mol. The minimum Gasteiger partial charge on any atom is -0.381 e. The third kappa shape index (κ3) is 4.84. The van der Waals surface area contributed by atoms with Crippen LogP contribution in [0.4, 0.5) is 8.78 Å². The zero-order valence-corrected chi connectivity index (χ0v) is 16.2. The minimum atomic E-state index is -0.291. The topological polar surface area (TPSA) is 9.23 Å². The van der Waals surface area contributed by atoms with Crippen LogP contribution in [0.3, 0.4) is 0 Å². The van der Waals surface area contributed by atoms with E-state index >= 15 is 0 Å². The van der Waals surface area contributed by atoms with Crippen LogP contribution < -0.4 is 0 Å². The number of methoxy groups -OCH3 is 1. The number of halogens is 2. The zero-order valence-electron chi connectivity index (χ0n) is 16.2. The molecule has 0 atom stereocenters. The number of hydrogen-bond donors (Lipinski definition) is 0. The smallest absolute Gasteiger partial charge is 0.131 e. The molecule has 1 aliphatic carbocycles. The molecule has 1 fully saturated rings. The lowest BCUT2D eigenvalue weighted by atomic mass is 9.82. The van der Waals surface area contributed by atoms with Crippen LogP contribution >= 0.6 is 0 Å². The fourth-order valence-electron chi connectivity index (χ4n) is 4.00. The van der Waals surface area contributed by atoms with Gasteiger partial charge in [0.05, 0.1) is 6.10 Å². The minimum absolute atomic E-state index is 0.226. The lowest BCUT2D eigenvalue weighted by Gasteiger charge is -2.28. The number of ether oxygens (including phenoxy) is 1. The summed E-state index contributed by atoms with van der Waals surface area (Å²) in [4.78, 5) is 0. The van der Waals surface area contributed by atoms with Gasteiger partial charge >= 0.3 is 0 Å². The van der Waals surface area contributed by atoms with Gasteiger partial charge in [0.1, 0.15) is 11.6 Å². The van der Waals surface area contributed by atoms with E-state index in [0.29, 0.717) is 17.2 Å². The number of allylic oxidation sites excluding steroid dienone is 2. The lowest BCUT2D eigenvalue weighted by molar-refractivity contribution is 0.0655. The van der Waals surface area contributed by atoms with E-state index in [1.807, 2.05) is 31.2 Å². The highest BCUT2D eigenvalue weighted by Gasteiger charge is 2.24. The maximum Gasteiger partial charge on any atom is 0.131 e. The first-order valence-corrected chi connectivity index (χ1v) is 9.84. The summed E-state index contributed by atoms with van der Waals surface area (Å²) in [7, 11) is 1.74. The van der Waals surface area contributed by atoms with Crippen molar-refractivity contribution in [1.29, 1.82) is 0 Å². The van der Waals surface area contributed by atoms with Crippen molar-refractivity contribution in [2.45, 2.75) is 57.5 Å². The Hall–Kier alpha value is -2.00. The van der Waals surface area contributed by atoms with Crippen LogP contribution in [-0.2, 0) is 11.2 Å². The van der Waals surface area contributed by atoms with Gasteiger partial charge < -0.3 is 4.74 Å². The molecule has 0 N–H and O–H groups in total. The van der Waals surface area contributed by atoms with E-state index in [4.69, 9.17) is 4.74 Å². The van der Waals surface area contributed by atoms with Gasteiger partial charge in [0, 0.05) is 12.7 Å². The van der Waals surface area contributed by atoms with E-state index in [1.54, 1.807) is 19.2 Å². The zero-order chi connectivity index (χ0) is 19.2. The van der Waals surface area contributed by atoms with Crippen LogP contribution in [0.2, 0.25) is 0 Å². The molecule has 0 bridgehead atoms. The second-order valence-corrected chi connectivity index (χ2v) is 7.37. The average Bonchev–Trinajstić information content (AvgIpc) is 2.68. The van der Waals surface area contributed by atoms with Gasteiger partial charge in [0.15, 0.2) is 0 Å². The standard InChI is InChI=1S/C24H28F2O/c1-3-4-5-6-17-7-13-22(23(25)15-17)19-10-14-21(24(26)16-19)18-8-11-20(27-2)12-9-18/h3-4,7,10,13-16,18,20H,5-6,8-9,11-12H2,1-2H3/b4-3+. The summed E-state index contributed by atoms with van der Waals surface area (Å²) in [6, 6.07) is 10.4. The Morgan fingerprint density at radius 1 is 1.00 bits per heavy atom. The van der Waals surface area contributed by atoms with Gasteiger partial charge in [0.25, 0.3) is 0 Å². The van der Waals surface area contributed by atoms with E-state index in [-0.39, 0.29) is 17.6 Å². The Labute approximate surface area is 161 Å². The number of rotatable bonds is 6. The summed E-state index contributed by atoms with van der Waals surface area (Å²) >= 11 is 0. The molecule has 0 unspecified atom stereocenters. The molecule has 1 saturated carbocycles. The van der Waals surface area contributed by atoms with E-state index in [2.05, 4.69) is 6.08 Å². The van der Waals surface area contributed by atoms with Crippen LogP contribution in [0.5, 0.6) is 0 Å². The lowest BCUT2D eigenvalue weighted by Crippen LogP contribution is -2.19. The third-order valence-corrected chi connectivity index (χ3v) is 5.63. The highest BCUT2D eigenvalue weighted by Crippen LogP contribution is 2.36. The molecule has 27 heavy (non-hydrogen) atoms. The summed E-state index contributed by atoms with van der Waals surface area (Å²) in [6.45, 7) is 1.98. The van der Waals surface area contributed by atoms with E-state index in [1.165, 1.54) is 6.07 Å². The number of benzene rings is 2. The Balaban J connectivity index is 1.75. The van der Waals surface area contributed by atoms with Gasteiger partial charge in [-0.1, -0.05) is 36.4 Å². The van der Waals surface area contributed by atoms with E-state index in [0.717, 1.165) is 49.7 Å². The molecule has 2 aromatic rings. The Kier molecular flexibility index (Phi) is 6.78. The van der Waals surface area contributed by atoms with Crippen molar-refractivity contribution in [1.82, 2.24) is 0 Å². The van der Waals surface area contributed by atoms with Gasteiger partial charge in [0.2, 0.25) is 0 Å². The first-order valence-electron chi connectivity index (χ1n) is 9.84. The highest BCUT2D eigenvalue weighted by atomic mass is 19.1. The summed E-state index contributed by atoms with van der Waals surface area (Å²) < 4.78 is 34.7. The maximum absolute atomic E-state index is 14.8. The second kappa shape index (κ2) is 9.27. The fourth-order valence-corrected chi connectivity index (χ4v) is 4.00. The van der Waals surface area contributed by atoms with Crippen molar-refractivity contribution in [2.75, 3.05) is 7.11 Å². The Bertz CT molecular complexity index is 789. The van der Waals surface area contributed by atoms with Gasteiger partial charge in [-0.25, -0.2) is 8.78 Å². The second-order valence-electron chi connectivity index (χ2n) is 7.37. The molecule has 0 aliphatic heterocycles. The molecule has 144 valence electrons. The van der Waals surface area contributed by atoms with Gasteiger partial charge in [-0.3, -0.25) is 0 Å². The molecular weight excluding hydrogens is 342 g/mol. The molecule has 1 nitrogen and oxygen atoms in total. The van der Waals surface area contributed by atoms with Crippen molar-refractivity contribution < 1.29 is 13.5 Å².